The summed E-state index contributed by atoms with van der Waals surface area (Å²) in [5, 5.41) is 3.05. The van der Waals surface area contributed by atoms with Crippen LogP contribution in [0.25, 0.3) is 0 Å². The third kappa shape index (κ3) is 4.28. The van der Waals surface area contributed by atoms with Crippen LogP contribution in [0.2, 0.25) is 0 Å². The lowest BCUT2D eigenvalue weighted by Gasteiger charge is -2.35. The summed E-state index contributed by atoms with van der Waals surface area (Å²) < 4.78 is 65.5. The second-order valence-electron chi connectivity index (χ2n) is 4.69. The molecule has 0 aromatic heterocycles. The summed E-state index contributed by atoms with van der Waals surface area (Å²) in [7, 11) is 0. The molecule has 1 aromatic rings. The minimum Gasteiger partial charge on any atom is -0.314 e. The van der Waals surface area contributed by atoms with Gasteiger partial charge in [-0.2, -0.15) is 0 Å². The molecule has 0 unspecified atom stereocenters. The van der Waals surface area contributed by atoms with E-state index in [-0.39, 0.29) is 18.0 Å². The van der Waals surface area contributed by atoms with E-state index in [0.717, 1.165) is 12.1 Å². The second kappa shape index (κ2) is 7.91. The van der Waals surface area contributed by atoms with Crippen LogP contribution in [-0.4, -0.2) is 37.5 Å². The number of piperazine rings is 1. The molecule has 120 valence electrons. The molecule has 1 aliphatic heterocycles. The molecule has 2 nitrogen and oxygen atoms in total. The molecule has 0 amide bonds. The summed E-state index contributed by atoms with van der Waals surface area (Å²) in [6.07, 6.45) is -3.26. The highest BCUT2D eigenvalue weighted by Crippen LogP contribution is 2.31. The average Bonchev–Trinajstić information content (AvgIpc) is 2.44. The zero-order valence-electron chi connectivity index (χ0n) is 11.1. The predicted octanol–water partition coefficient (Wildman–Crippen LogP) is 3.13. The molecule has 2 rings (SSSR count). The fraction of sp³-hybridized carbons (Fsp3) is 0.538. The largest absolute Gasteiger partial charge is 0.314 e. The fourth-order valence-electron chi connectivity index (χ4n) is 2.43. The Kier molecular flexibility index (Phi) is 6.83. The Morgan fingerprint density at radius 1 is 1.05 bits per heavy atom. The molecular formula is C13H16ClF5N2. The molecular weight excluding hydrogens is 315 g/mol. The summed E-state index contributed by atoms with van der Waals surface area (Å²) in [6, 6.07) is 0.865. The summed E-state index contributed by atoms with van der Waals surface area (Å²) in [5.74, 6) is -4.31. The van der Waals surface area contributed by atoms with Crippen LogP contribution in [0.1, 0.15) is 18.0 Å². The number of halogens is 6. The first-order valence-corrected chi connectivity index (χ1v) is 6.37. The van der Waals surface area contributed by atoms with E-state index < -0.39 is 36.3 Å². The van der Waals surface area contributed by atoms with Crippen LogP contribution in [-0.2, 0) is 0 Å². The first kappa shape index (κ1) is 18.1. The molecule has 0 spiro atoms. The molecule has 8 heteroatoms. The van der Waals surface area contributed by atoms with Crippen LogP contribution >= 0.6 is 12.4 Å². The van der Waals surface area contributed by atoms with E-state index in [2.05, 4.69) is 5.32 Å². The number of nitrogens with one attached hydrogen (secondary N) is 1. The van der Waals surface area contributed by atoms with Crippen LogP contribution in [0.15, 0.2) is 12.1 Å². The van der Waals surface area contributed by atoms with E-state index >= 15 is 0 Å². The van der Waals surface area contributed by atoms with Gasteiger partial charge in [0.2, 0.25) is 6.43 Å². The van der Waals surface area contributed by atoms with E-state index in [1.54, 1.807) is 4.90 Å². The van der Waals surface area contributed by atoms with Gasteiger partial charge in [0.05, 0.1) is 0 Å². The molecule has 0 bridgehead atoms. The molecule has 1 aromatic carbocycles. The lowest BCUT2D eigenvalue weighted by atomic mass is 10.00. The molecule has 1 saturated heterocycles. The van der Waals surface area contributed by atoms with Gasteiger partial charge < -0.3 is 5.32 Å². The lowest BCUT2D eigenvalue weighted by molar-refractivity contribution is 0.0721. The molecule has 1 N–H and O–H groups in total. The Balaban J connectivity index is 0.00000220. The van der Waals surface area contributed by atoms with Crippen molar-refractivity contribution in [2.45, 2.75) is 18.9 Å². The molecule has 21 heavy (non-hydrogen) atoms. The van der Waals surface area contributed by atoms with Gasteiger partial charge in [0, 0.05) is 44.2 Å². The quantitative estimate of drug-likeness (QED) is 0.674. The zero-order chi connectivity index (χ0) is 14.7. The predicted molar refractivity (Wildman–Crippen MR) is 71.4 cm³/mol. The van der Waals surface area contributed by atoms with Crippen LogP contribution in [0.5, 0.6) is 0 Å². The first-order valence-electron chi connectivity index (χ1n) is 6.37. The van der Waals surface area contributed by atoms with Crippen molar-refractivity contribution in [1.29, 1.82) is 0 Å². The Labute approximate surface area is 125 Å². The number of hydrogen-bond acceptors (Lipinski definition) is 2. The maximum atomic E-state index is 13.8. The second-order valence-corrected chi connectivity index (χ2v) is 4.69. The smallest absolute Gasteiger partial charge is 0.240 e. The standard InChI is InChI=1S/C13H15F5N2.ClH/c14-9-2-1-8(12(17)13(9)18)10(7-11(15)16)20-5-3-19-4-6-20;/h1-2,10-11,19H,3-7H2;1H/t10-;/m0./s1. The van der Waals surface area contributed by atoms with Gasteiger partial charge in [-0.15, -0.1) is 12.4 Å². The maximum absolute atomic E-state index is 13.8. The van der Waals surface area contributed by atoms with Crippen molar-refractivity contribution in [3.05, 3.63) is 35.1 Å². The highest BCUT2D eigenvalue weighted by Gasteiger charge is 2.29. The summed E-state index contributed by atoms with van der Waals surface area (Å²) in [6.45, 7) is 2.09. The van der Waals surface area contributed by atoms with Gasteiger partial charge in [-0.25, -0.2) is 22.0 Å². The number of nitrogens with zero attached hydrogens (tertiary/aromatic N) is 1. The third-order valence-corrected chi connectivity index (χ3v) is 3.42. The monoisotopic (exact) mass is 330 g/mol. The highest BCUT2D eigenvalue weighted by atomic mass is 35.5. The average molecular weight is 331 g/mol. The van der Waals surface area contributed by atoms with Gasteiger partial charge >= 0.3 is 0 Å². The molecule has 0 saturated carbocycles. The maximum Gasteiger partial charge on any atom is 0.240 e. The van der Waals surface area contributed by atoms with Crippen molar-refractivity contribution in [3.8, 4) is 0 Å². The Morgan fingerprint density at radius 3 is 2.24 bits per heavy atom. The number of rotatable bonds is 4. The molecule has 1 aliphatic rings. The van der Waals surface area contributed by atoms with E-state index in [0.29, 0.717) is 26.2 Å². The molecule has 0 radical (unpaired) electrons. The van der Waals surface area contributed by atoms with Crippen molar-refractivity contribution in [2.24, 2.45) is 0 Å². The van der Waals surface area contributed by atoms with Crippen LogP contribution in [0, 0.1) is 17.5 Å². The SMILES string of the molecule is Cl.Fc1ccc([C@H](CC(F)F)N2CCNCC2)c(F)c1F. The van der Waals surface area contributed by atoms with E-state index in [9.17, 15) is 22.0 Å². The van der Waals surface area contributed by atoms with Crippen molar-refractivity contribution < 1.29 is 22.0 Å². The Bertz CT molecular complexity index is 466. The van der Waals surface area contributed by atoms with Crippen LogP contribution in [0.4, 0.5) is 22.0 Å². The summed E-state index contributed by atoms with van der Waals surface area (Å²) in [5.41, 5.74) is -0.217. The molecule has 1 fully saturated rings. The van der Waals surface area contributed by atoms with E-state index in [1.807, 2.05) is 0 Å². The van der Waals surface area contributed by atoms with Gasteiger partial charge in [-0.05, 0) is 6.07 Å². The van der Waals surface area contributed by atoms with E-state index in [1.165, 1.54) is 0 Å². The summed E-state index contributed by atoms with van der Waals surface area (Å²) >= 11 is 0. The van der Waals surface area contributed by atoms with Gasteiger partial charge in [-0.1, -0.05) is 6.07 Å². The number of alkyl halides is 2. The van der Waals surface area contributed by atoms with Gasteiger partial charge in [0.25, 0.3) is 0 Å². The minimum absolute atomic E-state index is 0. The van der Waals surface area contributed by atoms with Crippen LogP contribution in [0.3, 0.4) is 0 Å². The van der Waals surface area contributed by atoms with Crippen LogP contribution < -0.4 is 5.32 Å². The van der Waals surface area contributed by atoms with Crippen molar-refractivity contribution >= 4 is 12.4 Å². The Hall–Kier alpha value is -0.920. The number of hydrogen-bond donors (Lipinski definition) is 1. The van der Waals surface area contributed by atoms with Crippen molar-refractivity contribution in [3.63, 3.8) is 0 Å². The van der Waals surface area contributed by atoms with Gasteiger partial charge in [0.15, 0.2) is 17.5 Å². The molecule has 1 heterocycles. The topological polar surface area (TPSA) is 15.3 Å². The van der Waals surface area contributed by atoms with Gasteiger partial charge in [-0.3, -0.25) is 4.90 Å². The third-order valence-electron chi connectivity index (χ3n) is 3.42. The minimum atomic E-state index is -2.65. The number of benzene rings is 1. The highest BCUT2D eigenvalue weighted by molar-refractivity contribution is 5.85. The molecule has 1 atom stereocenters. The van der Waals surface area contributed by atoms with E-state index in [4.69, 9.17) is 0 Å². The van der Waals surface area contributed by atoms with Crippen molar-refractivity contribution in [2.75, 3.05) is 26.2 Å². The summed E-state index contributed by atoms with van der Waals surface area (Å²) in [4.78, 5) is 1.67. The van der Waals surface area contributed by atoms with Gasteiger partial charge in [0.1, 0.15) is 0 Å². The fourth-order valence-corrected chi connectivity index (χ4v) is 2.43. The normalized spacial score (nSPS) is 17.6. The lowest BCUT2D eigenvalue weighted by Crippen LogP contribution is -2.45. The zero-order valence-corrected chi connectivity index (χ0v) is 11.9. The molecule has 0 aliphatic carbocycles. The Morgan fingerprint density at radius 2 is 1.67 bits per heavy atom. The first-order chi connectivity index (χ1) is 9.50. The van der Waals surface area contributed by atoms with Crippen molar-refractivity contribution in [1.82, 2.24) is 10.2 Å².